The van der Waals surface area contributed by atoms with Gasteiger partial charge in [0.1, 0.15) is 6.04 Å². The van der Waals surface area contributed by atoms with E-state index in [0.717, 1.165) is 6.42 Å². The van der Waals surface area contributed by atoms with Gasteiger partial charge in [-0.05, 0) is 19.3 Å². The molecule has 2 atom stereocenters. The van der Waals surface area contributed by atoms with E-state index < -0.39 is 29.7 Å². The summed E-state index contributed by atoms with van der Waals surface area (Å²) in [7, 11) is 0. The highest BCUT2D eigenvalue weighted by Crippen LogP contribution is 2.17. The smallest absolute Gasteiger partial charge is 0.289 e. The molecule has 24 heavy (non-hydrogen) atoms. The Morgan fingerprint density at radius 3 is 2.71 bits per heavy atom. The lowest BCUT2D eigenvalue weighted by molar-refractivity contribution is -0.141. The quantitative estimate of drug-likeness (QED) is 0.364. The van der Waals surface area contributed by atoms with E-state index in [9.17, 15) is 19.2 Å². The van der Waals surface area contributed by atoms with Crippen molar-refractivity contribution in [1.82, 2.24) is 15.5 Å². The summed E-state index contributed by atoms with van der Waals surface area (Å²) in [6, 6.07) is -1.62. The van der Waals surface area contributed by atoms with Crippen LogP contribution in [0.25, 0.3) is 0 Å². The van der Waals surface area contributed by atoms with Crippen LogP contribution in [0.5, 0.6) is 0 Å². The topological polar surface area (TPSA) is 95.6 Å². The Labute approximate surface area is 141 Å². The minimum Gasteiger partial charge on any atom is -0.346 e. The Balaban J connectivity index is 2.77. The number of amides is 3. The van der Waals surface area contributed by atoms with Crippen LogP contribution in [0.1, 0.15) is 32.6 Å². The fourth-order valence-electron chi connectivity index (χ4n) is 2.59. The molecule has 0 radical (unpaired) electrons. The Kier molecular flexibility index (Phi) is 7.69. The predicted molar refractivity (Wildman–Crippen MR) is 88.6 cm³/mol. The van der Waals surface area contributed by atoms with E-state index in [1.807, 2.05) is 0 Å². The van der Waals surface area contributed by atoms with E-state index in [0.29, 0.717) is 13.0 Å². The van der Waals surface area contributed by atoms with E-state index in [-0.39, 0.29) is 25.3 Å². The molecule has 0 saturated carbocycles. The molecule has 1 saturated heterocycles. The first-order valence-corrected chi connectivity index (χ1v) is 7.86. The van der Waals surface area contributed by atoms with Crippen LogP contribution in [0.3, 0.4) is 0 Å². The predicted octanol–water partition coefficient (Wildman–Crippen LogP) is -0.233. The van der Waals surface area contributed by atoms with E-state index in [4.69, 9.17) is 6.42 Å². The third-order valence-electron chi connectivity index (χ3n) is 3.80. The molecule has 7 heteroatoms. The standard InChI is InChI=1S/C17H23N3O4/c1-4-6-8-13(15(22)17(24)18-10-5-2)19-16(23)14-9-7-11-20(14)12(3)21/h1,5,13-14H,2,6-11H2,3H3,(H,18,24)(H,19,23). The summed E-state index contributed by atoms with van der Waals surface area (Å²) in [4.78, 5) is 49.5. The second-order valence-corrected chi connectivity index (χ2v) is 5.54. The van der Waals surface area contributed by atoms with Gasteiger partial charge in [-0.15, -0.1) is 18.9 Å². The fourth-order valence-corrected chi connectivity index (χ4v) is 2.59. The molecule has 0 aromatic heterocycles. The second-order valence-electron chi connectivity index (χ2n) is 5.54. The van der Waals surface area contributed by atoms with Crippen molar-refractivity contribution in [2.75, 3.05) is 13.1 Å². The van der Waals surface area contributed by atoms with Gasteiger partial charge in [-0.3, -0.25) is 19.2 Å². The first kappa shape index (κ1) is 19.4. The number of terminal acetylenes is 1. The molecule has 1 aliphatic rings. The van der Waals surface area contributed by atoms with E-state index in [1.54, 1.807) is 0 Å². The van der Waals surface area contributed by atoms with Crippen molar-refractivity contribution in [3.05, 3.63) is 12.7 Å². The van der Waals surface area contributed by atoms with Crippen LogP contribution in [0, 0.1) is 12.3 Å². The van der Waals surface area contributed by atoms with Crippen molar-refractivity contribution in [2.24, 2.45) is 0 Å². The lowest BCUT2D eigenvalue weighted by atomic mass is 10.0. The van der Waals surface area contributed by atoms with Crippen molar-refractivity contribution in [3.8, 4) is 12.3 Å². The molecule has 1 rings (SSSR count). The largest absolute Gasteiger partial charge is 0.346 e. The van der Waals surface area contributed by atoms with Crippen molar-refractivity contribution in [3.63, 3.8) is 0 Å². The average molecular weight is 333 g/mol. The number of ketones is 1. The number of carbonyl (C=O) groups is 4. The van der Waals surface area contributed by atoms with Crippen LogP contribution in [0.2, 0.25) is 0 Å². The molecule has 7 nitrogen and oxygen atoms in total. The summed E-state index contributed by atoms with van der Waals surface area (Å²) in [6.45, 7) is 5.51. The molecule has 130 valence electrons. The zero-order valence-corrected chi connectivity index (χ0v) is 13.8. The monoisotopic (exact) mass is 333 g/mol. The number of carbonyl (C=O) groups excluding carboxylic acids is 4. The Morgan fingerprint density at radius 2 is 2.12 bits per heavy atom. The summed E-state index contributed by atoms with van der Waals surface area (Å²) in [6.07, 6.45) is 8.31. The Bertz CT molecular complexity index is 565. The van der Waals surface area contributed by atoms with Crippen LogP contribution >= 0.6 is 0 Å². The molecular weight excluding hydrogens is 310 g/mol. The maximum absolute atomic E-state index is 12.4. The van der Waals surface area contributed by atoms with Gasteiger partial charge in [0.25, 0.3) is 5.91 Å². The van der Waals surface area contributed by atoms with Gasteiger partial charge in [0.15, 0.2) is 0 Å². The van der Waals surface area contributed by atoms with Crippen molar-refractivity contribution in [1.29, 1.82) is 0 Å². The first-order chi connectivity index (χ1) is 11.4. The van der Waals surface area contributed by atoms with Gasteiger partial charge in [-0.25, -0.2) is 0 Å². The number of rotatable bonds is 8. The molecule has 2 N–H and O–H groups in total. The zero-order valence-electron chi connectivity index (χ0n) is 13.8. The van der Waals surface area contributed by atoms with Crippen LogP contribution < -0.4 is 10.6 Å². The lowest BCUT2D eigenvalue weighted by Gasteiger charge is -2.25. The molecule has 0 aromatic carbocycles. The number of Topliss-reactive ketones (excluding diaryl/α,β-unsaturated/α-hetero) is 1. The molecule has 0 aromatic rings. The van der Waals surface area contributed by atoms with Crippen LogP contribution in [-0.2, 0) is 19.2 Å². The summed E-state index contributed by atoms with van der Waals surface area (Å²) in [5.41, 5.74) is 0. The highest BCUT2D eigenvalue weighted by Gasteiger charge is 2.35. The van der Waals surface area contributed by atoms with Crippen molar-refractivity contribution >= 4 is 23.5 Å². The minimum atomic E-state index is -1.01. The first-order valence-electron chi connectivity index (χ1n) is 7.86. The lowest BCUT2D eigenvalue weighted by Crippen LogP contribution is -2.53. The van der Waals surface area contributed by atoms with Crippen molar-refractivity contribution in [2.45, 2.75) is 44.7 Å². The summed E-state index contributed by atoms with van der Waals surface area (Å²) < 4.78 is 0. The summed E-state index contributed by atoms with van der Waals surface area (Å²) in [5.74, 6) is 0.206. The molecule has 3 amide bonds. The molecule has 0 spiro atoms. The number of nitrogens with zero attached hydrogens (tertiary/aromatic N) is 1. The molecular formula is C17H23N3O4. The van der Waals surface area contributed by atoms with Gasteiger partial charge in [0, 0.05) is 26.4 Å². The van der Waals surface area contributed by atoms with E-state index in [2.05, 4.69) is 23.1 Å². The van der Waals surface area contributed by atoms with Gasteiger partial charge >= 0.3 is 0 Å². The molecule has 2 unspecified atom stereocenters. The Hall–Kier alpha value is -2.62. The van der Waals surface area contributed by atoms with Gasteiger partial charge in [-0.1, -0.05) is 6.08 Å². The van der Waals surface area contributed by atoms with Gasteiger partial charge in [-0.2, -0.15) is 0 Å². The van der Waals surface area contributed by atoms with Crippen LogP contribution in [-0.4, -0.2) is 53.6 Å². The van der Waals surface area contributed by atoms with Crippen molar-refractivity contribution < 1.29 is 19.2 Å². The number of nitrogens with one attached hydrogen (secondary N) is 2. The van der Waals surface area contributed by atoms with Gasteiger partial charge in [0.05, 0.1) is 6.04 Å². The molecule has 0 aliphatic carbocycles. The minimum absolute atomic E-state index is 0.154. The highest BCUT2D eigenvalue weighted by atomic mass is 16.2. The maximum atomic E-state index is 12.4. The van der Waals surface area contributed by atoms with Gasteiger partial charge in [0.2, 0.25) is 17.6 Å². The fraction of sp³-hybridized carbons (Fsp3) is 0.529. The molecule has 0 bridgehead atoms. The Morgan fingerprint density at radius 1 is 1.42 bits per heavy atom. The van der Waals surface area contributed by atoms with Crippen LogP contribution in [0.4, 0.5) is 0 Å². The maximum Gasteiger partial charge on any atom is 0.289 e. The average Bonchev–Trinajstić information content (AvgIpc) is 3.05. The number of likely N-dealkylation sites (tertiary alicyclic amines) is 1. The zero-order chi connectivity index (χ0) is 18.1. The van der Waals surface area contributed by atoms with E-state index >= 15 is 0 Å². The third-order valence-corrected chi connectivity index (χ3v) is 3.80. The van der Waals surface area contributed by atoms with Crippen LogP contribution in [0.15, 0.2) is 12.7 Å². The highest BCUT2D eigenvalue weighted by molar-refractivity contribution is 6.38. The molecule has 1 aliphatic heterocycles. The van der Waals surface area contributed by atoms with E-state index in [1.165, 1.54) is 17.9 Å². The summed E-state index contributed by atoms with van der Waals surface area (Å²) in [5, 5.41) is 4.96. The normalized spacial score (nSPS) is 17.5. The summed E-state index contributed by atoms with van der Waals surface area (Å²) >= 11 is 0. The molecule has 1 fully saturated rings. The SMILES string of the molecule is C#CCCC(NC(=O)C1CCCN1C(C)=O)C(=O)C(=O)NCC=C. The molecule has 1 heterocycles. The number of hydrogen-bond donors (Lipinski definition) is 2. The number of hydrogen-bond acceptors (Lipinski definition) is 4. The second kappa shape index (κ2) is 9.50. The van der Waals surface area contributed by atoms with Gasteiger partial charge < -0.3 is 15.5 Å². The third kappa shape index (κ3) is 5.23.